The van der Waals surface area contributed by atoms with Gasteiger partial charge in [-0.2, -0.15) is 0 Å². The average molecular weight is 329 g/mol. The minimum atomic E-state index is -0.611. The summed E-state index contributed by atoms with van der Waals surface area (Å²) in [6.07, 6.45) is 8.12. The predicted octanol–water partition coefficient (Wildman–Crippen LogP) is 3.07. The molecule has 0 aromatic heterocycles. The predicted molar refractivity (Wildman–Crippen MR) is 98.3 cm³/mol. The molecule has 1 saturated carbocycles. The first-order valence-corrected chi connectivity index (χ1v) is 9.44. The van der Waals surface area contributed by atoms with Gasteiger partial charge in [0.1, 0.15) is 0 Å². The zero-order chi connectivity index (χ0) is 16.8. The quantitative estimate of drug-likeness (QED) is 0.623. The molecule has 132 valence electrons. The number of aliphatic hydroxyl groups is 1. The average Bonchev–Trinajstić information content (AvgIpc) is 2.63. The van der Waals surface area contributed by atoms with E-state index in [2.05, 4.69) is 21.9 Å². The maximum absolute atomic E-state index is 11.1. The van der Waals surface area contributed by atoms with Crippen LogP contribution in [-0.4, -0.2) is 54.0 Å². The van der Waals surface area contributed by atoms with Gasteiger partial charge in [0, 0.05) is 26.2 Å². The Bertz CT molecular complexity index is 513. The van der Waals surface area contributed by atoms with Gasteiger partial charge in [-0.25, -0.2) is 0 Å². The summed E-state index contributed by atoms with van der Waals surface area (Å²) in [4.78, 5) is 4.60. The second-order valence-electron chi connectivity index (χ2n) is 7.51. The second kappa shape index (κ2) is 8.13. The molecule has 24 heavy (non-hydrogen) atoms. The van der Waals surface area contributed by atoms with Crippen molar-refractivity contribution < 1.29 is 5.11 Å². The van der Waals surface area contributed by atoms with Crippen LogP contribution in [0.2, 0.25) is 0 Å². The van der Waals surface area contributed by atoms with Gasteiger partial charge < -0.3 is 10.0 Å². The van der Waals surface area contributed by atoms with E-state index >= 15 is 0 Å². The molecule has 2 N–H and O–H groups in total. The Morgan fingerprint density at radius 1 is 1.17 bits per heavy atom. The molecular formula is C20H31N3O. The Hall–Kier alpha value is -1.39. The number of nitrogens with one attached hydrogen (secondary N) is 1. The molecule has 2 atom stereocenters. The minimum Gasteiger partial charge on any atom is -0.385 e. The number of hydrogen-bond donors (Lipinski definition) is 2. The van der Waals surface area contributed by atoms with E-state index in [1.807, 2.05) is 18.2 Å². The topological polar surface area (TPSA) is 50.6 Å². The van der Waals surface area contributed by atoms with Gasteiger partial charge in [-0.05, 0) is 50.1 Å². The molecule has 1 aliphatic carbocycles. The monoisotopic (exact) mass is 329 g/mol. The van der Waals surface area contributed by atoms with Gasteiger partial charge in [-0.15, -0.1) is 0 Å². The van der Waals surface area contributed by atoms with Crippen molar-refractivity contribution in [1.82, 2.24) is 9.80 Å². The smallest absolute Gasteiger partial charge is 0.0899 e. The van der Waals surface area contributed by atoms with E-state index in [-0.39, 0.29) is 0 Å². The molecule has 0 spiro atoms. The summed E-state index contributed by atoms with van der Waals surface area (Å²) in [7, 11) is 0. The first-order valence-electron chi connectivity index (χ1n) is 9.44. The largest absolute Gasteiger partial charge is 0.385 e. The number of benzene rings is 1. The van der Waals surface area contributed by atoms with E-state index in [1.165, 1.54) is 25.6 Å². The van der Waals surface area contributed by atoms with Gasteiger partial charge in [-0.3, -0.25) is 10.3 Å². The zero-order valence-corrected chi connectivity index (χ0v) is 14.7. The lowest BCUT2D eigenvalue weighted by atomic mass is 9.73. The highest BCUT2D eigenvalue weighted by Crippen LogP contribution is 2.41. The summed E-state index contributed by atoms with van der Waals surface area (Å²) >= 11 is 0. The minimum absolute atomic E-state index is 0.611. The number of nitrogens with zero attached hydrogens (tertiary/aromatic N) is 2. The van der Waals surface area contributed by atoms with Crippen LogP contribution < -0.4 is 0 Å². The van der Waals surface area contributed by atoms with Crippen molar-refractivity contribution in [2.24, 2.45) is 5.92 Å². The molecule has 2 unspecified atom stereocenters. The molecule has 1 aromatic carbocycles. The molecule has 4 heteroatoms. The molecular weight excluding hydrogens is 298 g/mol. The second-order valence-corrected chi connectivity index (χ2v) is 7.51. The third-order valence-electron chi connectivity index (χ3n) is 5.82. The number of hydrogen-bond acceptors (Lipinski definition) is 3. The van der Waals surface area contributed by atoms with Gasteiger partial charge in [-0.1, -0.05) is 36.8 Å². The van der Waals surface area contributed by atoms with Gasteiger partial charge in [0.15, 0.2) is 0 Å². The first kappa shape index (κ1) is 17.4. The summed E-state index contributed by atoms with van der Waals surface area (Å²) in [5, 5.41) is 18.4. The van der Waals surface area contributed by atoms with Gasteiger partial charge >= 0.3 is 0 Å². The third kappa shape index (κ3) is 4.37. The van der Waals surface area contributed by atoms with Crippen LogP contribution in [0, 0.1) is 11.3 Å². The SMILES string of the molecule is N=CN1CCN(CCCC2CCCC(O)(c3ccccc3)C2)CC1. The summed E-state index contributed by atoms with van der Waals surface area (Å²) in [6.45, 7) is 5.29. The fourth-order valence-corrected chi connectivity index (χ4v) is 4.34. The Morgan fingerprint density at radius 3 is 2.62 bits per heavy atom. The lowest BCUT2D eigenvalue weighted by Crippen LogP contribution is -2.45. The molecule has 3 rings (SSSR count). The van der Waals surface area contributed by atoms with E-state index in [0.717, 1.165) is 57.5 Å². The maximum atomic E-state index is 11.1. The highest BCUT2D eigenvalue weighted by Gasteiger charge is 2.35. The van der Waals surface area contributed by atoms with Crippen molar-refractivity contribution >= 4 is 6.34 Å². The van der Waals surface area contributed by atoms with E-state index in [1.54, 1.807) is 0 Å². The van der Waals surface area contributed by atoms with Crippen molar-refractivity contribution in [1.29, 1.82) is 5.41 Å². The van der Waals surface area contributed by atoms with Crippen LogP contribution in [-0.2, 0) is 5.60 Å². The highest BCUT2D eigenvalue weighted by molar-refractivity contribution is 5.50. The molecule has 1 aliphatic heterocycles. The molecule has 1 heterocycles. The van der Waals surface area contributed by atoms with E-state index < -0.39 is 5.60 Å². The van der Waals surface area contributed by atoms with Crippen LogP contribution in [0.3, 0.4) is 0 Å². The Labute approximate surface area is 146 Å². The van der Waals surface area contributed by atoms with Crippen LogP contribution in [0.1, 0.15) is 44.1 Å². The molecule has 4 nitrogen and oxygen atoms in total. The van der Waals surface area contributed by atoms with Gasteiger partial charge in [0.05, 0.1) is 11.9 Å². The zero-order valence-electron chi connectivity index (χ0n) is 14.7. The summed E-state index contributed by atoms with van der Waals surface area (Å²) in [5.74, 6) is 0.645. The fraction of sp³-hybridized carbons (Fsp3) is 0.650. The lowest BCUT2D eigenvalue weighted by molar-refractivity contribution is -0.0232. The molecule has 0 radical (unpaired) electrons. The van der Waals surface area contributed by atoms with Crippen molar-refractivity contribution in [3.8, 4) is 0 Å². The van der Waals surface area contributed by atoms with Crippen LogP contribution in [0.15, 0.2) is 30.3 Å². The van der Waals surface area contributed by atoms with Gasteiger partial charge in [0.2, 0.25) is 0 Å². The van der Waals surface area contributed by atoms with Crippen LogP contribution in [0.5, 0.6) is 0 Å². The molecule has 2 aliphatic rings. The molecule has 2 fully saturated rings. The van der Waals surface area contributed by atoms with E-state index in [0.29, 0.717) is 5.92 Å². The van der Waals surface area contributed by atoms with Crippen LogP contribution in [0.25, 0.3) is 0 Å². The lowest BCUT2D eigenvalue weighted by Gasteiger charge is -2.38. The third-order valence-corrected chi connectivity index (χ3v) is 5.82. The van der Waals surface area contributed by atoms with Crippen LogP contribution in [0.4, 0.5) is 0 Å². The number of piperazine rings is 1. The van der Waals surface area contributed by atoms with E-state index in [4.69, 9.17) is 5.41 Å². The Balaban J connectivity index is 1.44. The normalized spacial score (nSPS) is 28.7. The molecule has 0 bridgehead atoms. The van der Waals surface area contributed by atoms with Gasteiger partial charge in [0.25, 0.3) is 0 Å². The summed E-state index contributed by atoms with van der Waals surface area (Å²) in [6, 6.07) is 10.2. The summed E-state index contributed by atoms with van der Waals surface area (Å²) in [5.41, 5.74) is 0.484. The van der Waals surface area contributed by atoms with Crippen molar-refractivity contribution in [3.05, 3.63) is 35.9 Å². The fourth-order valence-electron chi connectivity index (χ4n) is 4.34. The van der Waals surface area contributed by atoms with Crippen LogP contribution >= 0.6 is 0 Å². The van der Waals surface area contributed by atoms with E-state index in [9.17, 15) is 5.11 Å². The van der Waals surface area contributed by atoms with Crippen molar-refractivity contribution in [2.45, 2.75) is 44.1 Å². The maximum Gasteiger partial charge on any atom is 0.0899 e. The Kier molecular flexibility index (Phi) is 5.90. The molecule has 1 aromatic rings. The first-order chi connectivity index (χ1) is 11.7. The van der Waals surface area contributed by atoms with Crippen molar-refractivity contribution in [2.75, 3.05) is 32.7 Å². The van der Waals surface area contributed by atoms with Crippen molar-refractivity contribution in [3.63, 3.8) is 0 Å². The Morgan fingerprint density at radius 2 is 1.92 bits per heavy atom. The molecule has 0 amide bonds. The highest BCUT2D eigenvalue weighted by atomic mass is 16.3. The summed E-state index contributed by atoms with van der Waals surface area (Å²) < 4.78 is 0. The standard InChI is InChI=1S/C20H31N3O/c21-17-23-14-12-22(13-15-23)11-5-7-18-6-4-10-20(24,16-18)19-8-2-1-3-9-19/h1-3,8-9,17-18,21,24H,4-7,10-16H2. The molecule has 1 saturated heterocycles. The number of rotatable bonds is 6.